The third-order valence-corrected chi connectivity index (χ3v) is 5.68. The number of nitrogens with zero attached hydrogens (tertiary/aromatic N) is 1. The van der Waals surface area contributed by atoms with Crippen molar-refractivity contribution in [2.45, 2.75) is 50.9 Å². The van der Waals surface area contributed by atoms with Crippen molar-refractivity contribution in [3.63, 3.8) is 0 Å². The van der Waals surface area contributed by atoms with E-state index in [2.05, 4.69) is 22.9 Å². The first kappa shape index (κ1) is 17.2. The van der Waals surface area contributed by atoms with E-state index in [1.54, 1.807) is 4.90 Å². The Hall–Kier alpha value is -2.25. The SMILES string of the molecule is C[C@]1(NCc2ccc3c(c2)C(=O)N(C2CCC(=O)NC2=O)C3)CCNC1. The zero-order chi connectivity index (χ0) is 18.3. The monoisotopic (exact) mass is 356 g/mol. The molecule has 2 fully saturated rings. The number of imide groups is 1. The van der Waals surface area contributed by atoms with Crippen LogP contribution < -0.4 is 16.0 Å². The molecule has 7 heteroatoms. The Kier molecular flexibility index (Phi) is 4.28. The van der Waals surface area contributed by atoms with Crippen molar-refractivity contribution in [2.24, 2.45) is 0 Å². The van der Waals surface area contributed by atoms with Crippen molar-refractivity contribution in [3.05, 3.63) is 34.9 Å². The van der Waals surface area contributed by atoms with Crippen LogP contribution in [-0.4, -0.2) is 47.3 Å². The second kappa shape index (κ2) is 6.48. The van der Waals surface area contributed by atoms with Crippen LogP contribution >= 0.6 is 0 Å². The summed E-state index contributed by atoms with van der Waals surface area (Å²) >= 11 is 0. The molecule has 1 aromatic rings. The highest BCUT2D eigenvalue weighted by molar-refractivity contribution is 6.05. The summed E-state index contributed by atoms with van der Waals surface area (Å²) in [7, 11) is 0. The Morgan fingerprint density at radius 1 is 1.31 bits per heavy atom. The van der Waals surface area contributed by atoms with Crippen LogP contribution in [0.25, 0.3) is 0 Å². The number of hydrogen-bond donors (Lipinski definition) is 3. The number of benzene rings is 1. The second-order valence-electron chi connectivity index (χ2n) is 7.73. The molecule has 0 saturated carbocycles. The largest absolute Gasteiger partial charge is 0.322 e. The Labute approximate surface area is 152 Å². The van der Waals surface area contributed by atoms with Crippen molar-refractivity contribution in [2.75, 3.05) is 13.1 Å². The molecule has 3 aliphatic heterocycles. The minimum absolute atomic E-state index is 0.0851. The maximum absolute atomic E-state index is 12.8. The smallest absolute Gasteiger partial charge is 0.255 e. The maximum atomic E-state index is 12.8. The summed E-state index contributed by atoms with van der Waals surface area (Å²) in [6, 6.07) is 5.39. The van der Waals surface area contributed by atoms with Gasteiger partial charge in [-0.05, 0) is 43.5 Å². The highest BCUT2D eigenvalue weighted by atomic mass is 16.2. The normalized spacial score (nSPS) is 28.4. The topological polar surface area (TPSA) is 90.5 Å². The summed E-state index contributed by atoms with van der Waals surface area (Å²) in [4.78, 5) is 37.9. The van der Waals surface area contributed by atoms with Gasteiger partial charge in [0.15, 0.2) is 0 Å². The summed E-state index contributed by atoms with van der Waals surface area (Å²) < 4.78 is 0. The van der Waals surface area contributed by atoms with Gasteiger partial charge in [-0.15, -0.1) is 0 Å². The Morgan fingerprint density at radius 3 is 2.88 bits per heavy atom. The minimum Gasteiger partial charge on any atom is -0.322 e. The van der Waals surface area contributed by atoms with Gasteiger partial charge < -0.3 is 15.5 Å². The van der Waals surface area contributed by atoms with Crippen LogP contribution in [0.15, 0.2) is 18.2 Å². The zero-order valence-electron chi connectivity index (χ0n) is 14.9. The Morgan fingerprint density at radius 2 is 2.15 bits per heavy atom. The van der Waals surface area contributed by atoms with E-state index in [0.29, 0.717) is 25.1 Å². The van der Waals surface area contributed by atoms with Crippen molar-refractivity contribution in [1.82, 2.24) is 20.9 Å². The average molecular weight is 356 g/mol. The highest BCUT2D eigenvalue weighted by Crippen LogP contribution is 2.28. The molecular formula is C19H24N4O3. The molecule has 1 aromatic carbocycles. The van der Waals surface area contributed by atoms with Crippen LogP contribution in [0.5, 0.6) is 0 Å². The summed E-state index contributed by atoms with van der Waals surface area (Å²) in [5.74, 6) is -0.755. The number of carbonyl (C=O) groups is 3. The lowest BCUT2D eigenvalue weighted by molar-refractivity contribution is -0.136. The molecule has 26 heavy (non-hydrogen) atoms. The van der Waals surface area contributed by atoms with E-state index in [9.17, 15) is 14.4 Å². The fourth-order valence-corrected chi connectivity index (χ4v) is 4.00. The summed E-state index contributed by atoms with van der Waals surface area (Å²) in [5, 5.41) is 9.27. The second-order valence-corrected chi connectivity index (χ2v) is 7.73. The van der Waals surface area contributed by atoms with Crippen molar-refractivity contribution in [1.29, 1.82) is 0 Å². The van der Waals surface area contributed by atoms with Gasteiger partial charge in [-0.2, -0.15) is 0 Å². The Bertz CT molecular complexity index is 770. The first-order chi connectivity index (χ1) is 12.5. The van der Waals surface area contributed by atoms with Crippen molar-refractivity contribution < 1.29 is 14.4 Å². The maximum Gasteiger partial charge on any atom is 0.255 e. The number of carbonyl (C=O) groups excluding carboxylic acids is 3. The van der Waals surface area contributed by atoms with Crippen LogP contribution in [-0.2, 0) is 22.7 Å². The molecule has 0 bridgehead atoms. The lowest BCUT2D eigenvalue weighted by Crippen LogP contribution is -2.52. The van der Waals surface area contributed by atoms with Crippen molar-refractivity contribution >= 4 is 17.7 Å². The molecule has 0 aromatic heterocycles. The lowest BCUT2D eigenvalue weighted by atomic mass is 10.0. The van der Waals surface area contributed by atoms with E-state index in [0.717, 1.165) is 30.6 Å². The van der Waals surface area contributed by atoms with Gasteiger partial charge in [-0.3, -0.25) is 19.7 Å². The summed E-state index contributed by atoms with van der Waals surface area (Å²) in [6.45, 7) is 5.30. The first-order valence-corrected chi connectivity index (χ1v) is 9.17. The molecule has 138 valence electrons. The quantitative estimate of drug-likeness (QED) is 0.675. The fourth-order valence-electron chi connectivity index (χ4n) is 4.00. The van der Waals surface area contributed by atoms with Gasteiger partial charge in [-0.25, -0.2) is 0 Å². The molecule has 3 heterocycles. The van der Waals surface area contributed by atoms with E-state index in [-0.39, 0.29) is 29.7 Å². The number of nitrogens with one attached hydrogen (secondary N) is 3. The van der Waals surface area contributed by atoms with Gasteiger partial charge in [0.25, 0.3) is 5.91 Å². The van der Waals surface area contributed by atoms with Gasteiger partial charge in [0, 0.05) is 37.2 Å². The predicted molar refractivity (Wildman–Crippen MR) is 95.2 cm³/mol. The van der Waals surface area contributed by atoms with E-state index in [1.165, 1.54) is 0 Å². The van der Waals surface area contributed by atoms with Crippen LogP contribution in [0.3, 0.4) is 0 Å². The Balaban J connectivity index is 1.47. The third-order valence-electron chi connectivity index (χ3n) is 5.68. The average Bonchev–Trinajstić information content (AvgIpc) is 3.18. The number of hydrogen-bond acceptors (Lipinski definition) is 5. The first-order valence-electron chi connectivity index (χ1n) is 9.17. The van der Waals surface area contributed by atoms with Crippen LogP contribution in [0.2, 0.25) is 0 Å². The molecule has 4 rings (SSSR count). The molecule has 0 spiro atoms. The van der Waals surface area contributed by atoms with E-state index in [1.807, 2.05) is 18.2 Å². The third kappa shape index (κ3) is 3.12. The zero-order valence-corrected chi connectivity index (χ0v) is 14.9. The van der Waals surface area contributed by atoms with Crippen LogP contribution in [0.4, 0.5) is 0 Å². The summed E-state index contributed by atoms with van der Waals surface area (Å²) in [6.07, 6.45) is 1.75. The number of rotatable bonds is 4. The molecule has 0 aliphatic carbocycles. The fraction of sp³-hybridized carbons (Fsp3) is 0.526. The molecule has 1 unspecified atom stereocenters. The predicted octanol–water partition coefficient (Wildman–Crippen LogP) is 0.289. The van der Waals surface area contributed by atoms with Gasteiger partial charge in [0.1, 0.15) is 6.04 Å². The minimum atomic E-state index is -0.558. The van der Waals surface area contributed by atoms with Crippen LogP contribution in [0, 0.1) is 0 Å². The lowest BCUT2D eigenvalue weighted by Gasteiger charge is -2.29. The summed E-state index contributed by atoms with van der Waals surface area (Å²) in [5.41, 5.74) is 2.76. The van der Waals surface area contributed by atoms with Gasteiger partial charge in [0.05, 0.1) is 0 Å². The molecule has 7 nitrogen and oxygen atoms in total. The van der Waals surface area contributed by atoms with Gasteiger partial charge >= 0.3 is 0 Å². The number of amides is 3. The van der Waals surface area contributed by atoms with Gasteiger partial charge in [-0.1, -0.05) is 12.1 Å². The molecule has 3 N–H and O–H groups in total. The molecule has 2 atom stereocenters. The van der Waals surface area contributed by atoms with E-state index in [4.69, 9.17) is 0 Å². The molecule has 3 aliphatic rings. The van der Waals surface area contributed by atoms with Gasteiger partial charge in [0.2, 0.25) is 11.8 Å². The highest BCUT2D eigenvalue weighted by Gasteiger charge is 2.39. The van der Waals surface area contributed by atoms with E-state index < -0.39 is 6.04 Å². The standard InChI is InChI=1S/C19H24N4O3/c1-19(6-7-20-11-19)21-9-12-2-3-13-10-23(18(26)14(13)8-12)15-4-5-16(24)22-17(15)25/h2-3,8,15,20-21H,4-7,9-11H2,1H3,(H,22,24,25)/t15?,19-/m0/s1. The molecule has 2 saturated heterocycles. The molecule has 0 radical (unpaired) electrons. The number of fused-ring (bicyclic) bond motifs is 1. The molecule has 3 amide bonds. The van der Waals surface area contributed by atoms with E-state index >= 15 is 0 Å². The van der Waals surface area contributed by atoms with Crippen molar-refractivity contribution in [3.8, 4) is 0 Å². The molecular weight excluding hydrogens is 332 g/mol. The van der Waals surface area contributed by atoms with Crippen LogP contribution in [0.1, 0.15) is 47.7 Å². The number of piperidine rings is 1.